The molecule has 1 aliphatic carbocycles. The lowest BCUT2D eigenvalue weighted by Crippen LogP contribution is -2.48. The molecule has 1 unspecified atom stereocenters. The topological polar surface area (TPSA) is 105 Å². The fraction of sp³-hybridized carbons (Fsp3) is 0.222. The van der Waals surface area contributed by atoms with Crippen molar-refractivity contribution in [2.24, 2.45) is 0 Å². The van der Waals surface area contributed by atoms with Crippen molar-refractivity contribution < 1.29 is 24.2 Å². The van der Waals surface area contributed by atoms with E-state index in [1.807, 2.05) is 79.7 Å². The summed E-state index contributed by atoms with van der Waals surface area (Å²) in [6, 6.07) is 22.2. The predicted molar refractivity (Wildman–Crippen MR) is 127 cm³/mol. The lowest BCUT2D eigenvalue weighted by molar-refractivity contribution is -0.139. The van der Waals surface area contributed by atoms with Gasteiger partial charge in [0.2, 0.25) is 5.91 Å². The minimum Gasteiger partial charge on any atom is -0.481 e. The van der Waals surface area contributed by atoms with Crippen LogP contribution >= 0.6 is 0 Å². The Hall–Kier alpha value is -4.13. The number of nitrogens with one attached hydrogen (secondary N) is 2. The van der Waals surface area contributed by atoms with Gasteiger partial charge in [0.25, 0.3) is 0 Å². The number of alkyl carbamates (subject to hydrolysis) is 1. The zero-order chi connectivity index (χ0) is 24.1. The molecule has 7 heteroatoms. The molecule has 0 radical (unpaired) electrons. The fourth-order valence-corrected chi connectivity index (χ4v) is 4.28. The van der Waals surface area contributed by atoms with Gasteiger partial charge in [0.1, 0.15) is 12.6 Å². The smallest absolute Gasteiger partial charge is 0.407 e. The second-order valence-electron chi connectivity index (χ2n) is 8.26. The standard InChI is InChI=1S/C27H26N2O5/c1-17-8-2-3-9-18(17)15-28-26(32)24(14-25(30)31)29-27(33)34-16-23-21-12-6-4-10-19(21)20-11-5-7-13-22(20)23/h2-13,23-24H,14-16H2,1H3,(H,28,32)(H,29,33)(H,30,31). The average Bonchev–Trinajstić information content (AvgIpc) is 3.15. The van der Waals surface area contributed by atoms with Crippen molar-refractivity contribution in [2.75, 3.05) is 6.61 Å². The van der Waals surface area contributed by atoms with E-state index in [0.717, 1.165) is 33.4 Å². The number of carbonyl (C=O) groups excluding carboxylic acids is 2. The molecule has 7 nitrogen and oxygen atoms in total. The van der Waals surface area contributed by atoms with E-state index in [1.165, 1.54) is 0 Å². The maximum atomic E-state index is 12.6. The molecule has 34 heavy (non-hydrogen) atoms. The molecule has 0 spiro atoms. The van der Waals surface area contributed by atoms with E-state index >= 15 is 0 Å². The number of fused-ring (bicyclic) bond motifs is 3. The number of ether oxygens (including phenoxy) is 1. The summed E-state index contributed by atoms with van der Waals surface area (Å²) in [5, 5.41) is 14.3. The summed E-state index contributed by atoms with van der Waals surface area (Å²) >= 11 is 0. The number of rotatable bonds is 8. The summed E-state index contributed by atoms with van der Waals surface area (Å²) in [6.07, 6.45) is -1.39. The Morgan fingerprint density at radius 2 is 1.50 bits per heavy atom. The third-order valence-corrected chi connectivity index (χ3v) is 6.05. The second kappa shape index (κ2) is 10.2. The molecular weight excluding hydrogens is 432 g/mol. The van der Waals surface area contributed by atoms with Crippen molar-refractivity contribution in [3.63, 3.8) is 0 Å². The summed E-state index contributed by atoms with van der Waals surface area (Å²) < 4.78 is 5.46. The van der Waals surface area contributed by atoms with Crippen LogP contribution in [-0.4, -0.2) is 35.7 Å². The Morgan fingerprint density at radius 3 is 2.12 bits per heavy atom. The van der Waals surface area contributed by atoms with E-state index in [4.69, 9.17) is 4.74 Å². The van der Waals surface area contributed by atoms with E-state index in [2.05, 4.69) is 10.6 Å². The molecule has 0 fully saturated rings. The lowest BCUT2D eigenvalue weighted by Gasteiger charge is -2.19. The fourth-order valence-electron chi connectivity index (χ4n) is 4.28. The molecule has 0 saturated heterocycles. The molecule has 0 bridgehead atoms. The van der Waals surface area contributed by atoms with Gasteiger partial charge in [-0.1, -0.05) is 72.8 Å². The third kappa shape index (κ3) is 5.09. The Bertz CT molecular complexity index is 1180. The van der Waals surface area contributed by atoms with Crippen LogP contribution in [0.3, 0.4) is 0 Å². The Morgan fingerprint density at radius 1 is 0.912 bits per heavy atom. The summed E-state index contributed by atoms with van der Waals surface area (Å²) in [5.74, 6) is -1.92. The van der Waals surface area contributed by atoms with Crippen molar-refractivity contribution in [3.8, 4) is 11.1 Å². The minimum absolute atomic E-state index is 0.0739. The number of benzene rings is 3. The van der Waals surface area contributed by atoms with Crippen molar-refractivity contribution >= 4 is 18.0 Å². The second-order valence-corrected chi connectivity index (χ2v) is 8.26. The van der Waals surface area contributed by atoms with Crippen LogP contribution in [0.2, 0.25) is 0 Å². The lowest BCUT2D eigenvalue weighted by atomic mass is 9.98. The first-order valence-electron chi connectivity index (χ1n) is 11.1. The number of hydrogen-bond acceptors (Lipinski definition) is 4. The average molecular weight is 459 g/mol. The highest BCUT2D eigenvalue weighted by Crippen LogP contribution is 2.44. The van der Waals surface area contributed by atoms with Crippen LogP contribution in [0, 0.1) is 6.92 Å². The van der Waals surface area contributed by atoms with Crippen LogP contribution in [0.15, 0.2) is 72.8 Å². The van der Waals surface area contributed by atoms with Crippen molar-refractivity contribution in [3.05, 3.63) is 95.1 Å². The van der Waals surface area contributed by atoms with Crippen LogP contribution in [-0.2, 0) is 20.9 Å². The third-order valence-electron chi connectivity index (χ3n) is 6.05. The largest absolute Gasteiger partial charge is 0.481 e. The molecule has 3 aromatic rings. The van der Waals surface area contributed by atoms with Crippen LogP contribution in [0.5, 0.6) is 0 Å². The molecule has 3 N–H and O–H groups in total. The summed E-state index contributed by atoms with van der Waals surface area (Å²) in [4.78, 5) is 36.5. The van der Waals surface area contributed by atoms with Gasteiger partial charge < -0.3 is 20.5 Å². The van der Waals surface area contributed by atoms with Crippen molar-refractivity contribution in [2.45, 2.75) is 31.8 Å². The Labute approximate surface area is 197 Å². The van der Waals surface area contributed by atoms with Gasteiger partial charge in [0.05, 0.1) is 6.42 Å². The molecule has 0 heterocycles. The van der Waals surface area contributed by atoms with Crippen LogP contribution in [0.1, 0.15) is 34.6 Å². The number of carboxylic acids is 1. The summed E-state index contributed by atoms with van der Waals surface area (Å²) in [5.41, 5.74) is 6.25. The highest BCUT2D eigenvalue weighted by molar-refractivity contribution is 5.89. The molecular formula is C27H26N2O5. The molecule has 2 amide bonds. The highest BCUT2D eigenvalue weighted by Gasteiger charge is 2.30. The van der Waals surface area contributed by atoms with E-state index in [1.54, 1.807) is 0 Å². The van der Waals surface area contributed by atoms with Gasteiger partial charge in [0.15, 0.2) is 0 Å². The zero-order valence-corrected chi connectivity index (χ0v) is 18.8. The molecule has 1 aliphatic rings. The van der Waals surface area contributed by atoms with Gasteiger partial charge in [-0.15, -0.1) is 0 Å². The quantitative estimate of drug-likeness (QED) is 0.473. The number of aliphatic carboxylic acids is 1. The van der Waals surface area contributed by atoms with E-state index in [9.17, 15) is 19.5 Å². The minimum atomic E-state index is -1.25. The number of amides is 2. The summed E-state index contributed by atoms with van der Waals surface area (Å²) in [7, 11) is 0. The molecule has 0 aliphatic heterocycles. The first-order chi connectivity index (χ1) is 16.4. The van der Waals surface area contributed by atoms with Crippen molar-refractivity contribution in [1.29, 1.82) is 0 Å². The van der Waals surface area contributed by atoms with E-state index in [0.29, 0.717) is 0 Å². The van der Waals surface area contributed by atoms with E-state index < -0.39 is 30.4 Å². The van der Waals surface area contributed by atoms with Crippen LogP contribution in [0.4, 0.5) is 4.79 Å². The predicted octanol–water partition coefficient (Wildman–Crippen LogP) is 3.99. The molecule has 3 aromatic carbocycles. The first-order valence-corrected chi connectivity index (χ1v) is 11.1. The van der Waals surface area contributed by atoms with Crippen LogP contribution < -0.4 is 10.6 Å². The zero-order valence-electron chi connectivity index (χ0n) is 18.8. The first kappa shape index (κ1) is 23.0. The number of carbonyl (C=O) groups is 3. The van der Waals surface area contributed by atoms with Gasteiger partial charge in [-0.25, -0.2) is 4.79 Å². The molecule has 1 atom stereocenters. The number of aryl methyl sites for hydroxylation is 1. The molecule has 174 valence electrons. The molecule has 0 aromatic heterocycles. The van der Waals surface area contributed by atoms with Gasteiger partial charge in [-0.2, -0.15) is 0 Å². The monoisotopic (exact) mass is 458 g/mol. The summed E-state index contributed by atoms with van der Waals surface area (Å²) in [6.45, 7) is 2.23. The highest BCUT2D eigenvalue weighted by atomic mass is 16.5. The van der Waals surface area contributed by atoms with E-state index in [-0.39, 0.29) is 19.1 Å². The van der Waals surface area contributed by atoms with Crippen molar-refractivity contribution in [1.82, 2.24) is 10.6 Å². The maximum absolute atomic E-state index is 12.6. The van der Waals surface area contributed by atoms with Gasteiger partial charge in [0, 0.05) is 12.5 Å². The molecule has 0 saturated carbocycles. The van der Waals surface area contributed by atoms with Gasteiger partial charge in [-0.3, -0.25) is 9.59 Å². The molecule has 4 rings (SSSR count). The normalized spacial score (nSPS) is 12.9. The number of hydrogen-bond donors (Lipinski definition) is 3. The van der Waals surface area contributed by atoms with Gasteiger partial charge in [-0.05, 0) is 40.3 Å². The SMILES string of the molecule is Cc1ccccc1CNC(=O)C(CC(=O)O)NC(=O)OCC1c2ccccc2-c2ccccc21. The van der Waals surface area contributed by atoms with Crippen LogP contribution in [0.25, 0.3) is 11.1 Å². The maximum Gasteiger partial charge on any atom is 0.407 e. The number of carboxylic acid groups (broad SMARTS) is 1. The Balaban J connectivity index is 1.39. The Kier molecular flexibility index (Phi) is 6.92. The van der Waals surface area contributed by atoms with Gasteiger partial charge >= 0.3 is 12.1 Å².